The summed E-state index contributed by atoms with van der Waals surface area (Å²) in [6, 6.07) is 17.9. The van der Waals surface area contributed by atoms with E-state index in [1.807, 2.05) is 42.5 Å². The Morgan fingerprint density at radius 3 is 2.30 bits per heavy atom. The van der Waals surface area contributed by atoms with Crippen molar-refractivity contribution in [1.82, 2.24) is 16.0 Å². The minimum Gasteiger partial charge on any atom is -0.497 e. The van der Waals surface area contributed by atoms with E-state index in [2.05, 4.69) is 33.1 Å². The Morgan fingerprint density at radius 2 is 1.67 bits per heavy atom. The summed E-state index contributed by atoms with van der Waals surface area (Å²) in [4.78, 5) is 16.1. The molecule has 2 rings (SSSR count). The van der Waals surface area contributed by atoms with Gasteiger partial charge in [-0.15, -0.1) is 24.0 Å². The monoisotopic (exact) mass is 482 g/mol. The zero-order chi connectivity index (χ0) is 18.6. The summed E-state index contributed by atoms with van der Waals surface area (Å²) in [7, 11) is 3.32. The maximum atomic E-state index is 11.9. The number of hydrogen-bond acceptors (Lipinski definition) is 3. The first-order valence-electron chi connectivity index (χ1n) is 8.59. The van der Waals surface area contributed by atoms with E-state index in [-0.39, 0.29) is 36.4 Å². The molecule has 0 aromatic heterocycles. The van der Waals surface area contributed by atoms with Crippen LogP contribution in [0.5, 0.6) is 5.75 Å². The number of hydrogen-bond donors (Lipinski definition) is 3. The summed E-state index contributed by atoms with van der Waals surface area (Å²) in [5.74, 6) is 1.34. The third-order valence-corrected chi connectivity index (χ3v) is 3.84. The van der Waals surface area contributed by atoms with Gasteiger partial charge >= 0.3 is 0 Å². The molecule has 0 radical (unpaired) electrons. The average Bonchev–Trinajstić information content (AvgIpc) is 2.69. The molecule has 3 N–H and O–H groups in total. The van der Waals surface area contributed by atoms with Crippen LogP contribution in [0.15, 0.2) is 59.6 Å². The molecule has 2 aromatic carbocycles. The molecule has 6 nitrogen and oxygen atoms in total. The van der Waals surface area contributed by atoms with Crippen LogP contribution >= 0.6 is 24.0 Å². The fourth-order valence-corrected chi connectivity index (χ4v) is 2.37. The molecule has 0 atom stereocenters. The summed E-state index contributed by atoms with van der Waals surface area (Å²) in [6.45, 7) is 1.40. The van der Waals surface area contributed by atoms with Crippen LogP contribution < -0.4 is 20.7 Å². The number of nitrogens with zero attached hydrogens (tertiary/aromatic N) is 1. The van der Waals surface area contributed by atoms with Crippen LogP contribution in [-0.2, 0) is 17.8 Å². The van der Waals surface area contributed by atoms with Gasteiger partial charge in [0.1, 0.15) is 5.75 Å². The van der Waals surface area contributed by atoms with Crippen LogP contribution in [0, 0.1) is 0 Å². The molecule has 27 heavy (non-hydrogen) atoms. The van der Waals surface area contributed by atoms with Crippen LogP contribution in [0.25, 0.3) is 0 Å². The number of aliphatic imine (C=N–C) groups is 1. The Labute approximate surface area is 177 Å². The highest BCUT2D eigenvalue weighted by Gasteiger charge is 2.04. The van der Waals surface area contributed by atoms with Gasteiger partial charge in [0.25, 0.3) is 0 Å². The summed E-state index contributed by atoms with van der Waals surface area (Å²) < 4.78 is 5.14. The van der Waals surface area contributed by atoms with Crippen molar-refractivity contribution in [3.8, 4) is 5.75 Å². The second-order valence-electron chi connectivity index (χ2n) is 5.71. The second-order valence-corrected chi connectivity index (χ2v) is 5.71. The molecule has 0 unspecified atom stereocenters. The van der Waals surface area contributed by atoms with E-state index in [0.717, 1.165) is 17.7 Å². The lowest BCUT2D eigenvalue weighted by atomic mass is 10.1. The van der Waals surface area contributed by atoms with Gasteiger partial charge in [0.2, 0.25) is 5.91 Å². The molecule has 0 bridgehead atoms. The Morgan fingerprint density at radius 1 is 0.963 bits per heavy atom. The fourth-order valence-electron chi connectivity index (χ4n) is 2.37. The summed E-state index contributed by atoms with van der Waals surface area (Å²) in [5, 5.41) is 9.09. The average molecular weight is 482 g/mol. The standard InChI is InChI=1S/C20H26N4O2.HI/c1-21-20(23-14-17-8-10-18(26-2)11-9-17)24-15-19(25)22-13-12-16-6-4-3-5-7-16;/h3-11H,12-15H2,1-2H3,(H,22,25)(H2,21,23,24);1H. The van der Waals surface area contributed by atoms with Crippen LogP contribution in [0.2, 0.25) is 0 Å². The topological polar surface area (TPSA) is 74.8 Å². The van der Waals surface area contributed by atoms with Gasteiger partial charge in [-0.1, -0.05) is 42.5 Å². The predicted octanol–water partition coefficient (Wildman–Crippen LogP) is 2.34. The lowest BCUT2D eigenvalue weighted by molar-refractivity contribution is -0.119. The van der Waals surface area contributed by atoms with E-state index >= 15 is 0 Å². The van der Waals surface area contributed by atoms with Gasteiger partial charge in [-0.3, -0.25) is 9.79 Å². The van der Waals surface area contributed by atoms with Crippen LogP contribution in [0.1, 0.15) is 11.1 Å². The van der Waals surface area contributed by atoms with Crippen molar-refractivity contribution >= 4 is 35.8 Å². The lowest BCUT2D eigenvalue weighted by Crippen LogP contribution is -2.43. The largest absolute Gasteiger partial charge is 0.497 e. The first kappa shape index (κ1) is 22.8. The summed E-state index contributed by atoms with van der Waals surface area (Å²) >= 11 is 0. The number of guanidine groups is 1. The molecule has 0 saturated carbocycles. The van der Waals surface area contributed by atoms with Crippen molar-refractivity contribution in [3.63, 3.8) is 0 Å². The highest BCUT2D eigenvalue weighted by Crippen LogP contribution is 2.10. The van der Waals surface area contributed by atoms with Gasteiger partial charge in [0.05, 0.1) is 13.7 Å². The van der Waals surface area contributed by atoms with Gasteiger partial charge in [0, 0.05) is 20.1 Å². The number of methoxy groups -OCH3 is 1. The fraction of sp³-hybridized carbons (Fsp3) is 0.300. The molecule has 146 valence electrons. The maximum absolute atomic E-state index is 11.9. The zero-order valence-electron chi connectivity index (χ0n) is 15.7. The van der Waals surface area contributed by atoms with Crippen molar-refractivity contribution in [3.05, 3.63) is 65.7 Å². The molecule has 1 amide bonds. The van der Waals surface area contributed by atoms with Gasteiger partial charge < -0.3 is 20.7 Å². The lowest BCUT2D eigenvalue weighted by Gasteiger charge is -2.12. The molecule has 0 heterocycles. The van der Waals surface area contributed by atoms with E-state index in [1.54, 1.807) is 14.2 Å². The van der Waals surface area contributed by atoms with Crippen molar-refractivity contribution < 1.29 is 9.53 Å². The van der Waals surface area contributed by atoms with Crippen LogP contribution in [0.4, 0.5) is 0 Å². The number of ether oxygens (including phenoxy) is 1. The molecule has 0 fully saturated rings. The molecule has 0 aliphatic heterocycles. The summed E-state index contributed by atoms with van der Waals surface area (Å²) in [6.07, 6.45) is 0.816. The van der Waals surface area contributed by atoms with E-state index in [9.17, 15) is 4.79 Å². The van der Waals surface area contributed by atoms with E-state index in [0.29, 0.717) is 19.0 Å². The normalized spacial score (nSPS) is 10.5. The third kappa shape index (κ3) is 8.76. The van der Waals surface area contributed by atoms with Crippen molar-refractivity contribution in [2.75, 3.05) is 27.2 Å². The minimum absolute atomic E-state index is 0. The quantitative estimate of drug-likeness (QED) is 0.307. The smallest absolute Gasteiger partial charge is 0.239 e. The number of carbonyl (C=O) groups is 1. The number of carbonyl (C=O) groups excluding carboxylic acids is 1. The number of nitrogens with one attached hydrogen (secondary N) is 3. The molecule has 0 spiro atoms. The minimum atomic E-state index is -0.0617. The van der Waals surface area contributed by atoms with Gasteiger partial charge in [-0.05, 0) is 29.7 Å². The molecule has 0 aliphatic carbocycles. The number of amides is 1. The maximum Gasteiger partial charge on any atom is 0.239 e. The van der Waals surface area contributed by atoms with E-state index in [4.69, 9.17) is 4.74 Å². The van der Waals surface area contributed by atoms with Gasteiger partial charge in [-0.25, -0.2) is 0 Å². The van der Waals surface area contributed by atoms with E-state index in [1.165, 1.54) is 5.56 Å². The molecular weight excluding hydrogens is 455 g/mol. The van der Waals surface area contributed by atoms with Crippen LogP contribution in [-0.4, -0.2) is 39.1 Å². The Balaban J connectivity index is 0.00000364. The van der Waals surface area contributed by atoms with Gasteiger partial charge in [-0.2, -0.15) is 0 Å². The molecule has 0 aliphatic rings. The first-order chi connectivity index (χ1) is 12.7. The predicted molar refractivity (Wildman–Crippen MR) is 120 cm³/mol. The SMILES string of the molecule is CN=C(NCC(=O)NCCc1ccccc1)NCc1ccc(OC)cc1.I. The second kappa shape index (κ2) is 13.0. The number of benzene rings is 2. The zero-order valence-corrected chi connectivity index (χ0v) is 18.0. The Bertz CT molecular complexity index is 706. The Hall–Kier alpha value is -2.29. The highest BCUT2D eigenvalue weighted by atomic mass is 127. The number of halogens is 1. The molecule has 2 aromatic rings. The van der Waals surface area contributed by atoms with E-state index < -0.39 is 0 Å². The summed E-state index contributed by atoms with van der Waals surface area (Å²) in [5.41, 5.74) is 2.30. The highest BCUT2D eigenvalue weighted by molar-refractivity contribution is 14.0. The van der Waals surface area contributed by atoms with Crippen molar-refractivity contribution in [1.29, 1.82) is 0 Å². The van der Waals surface area contributed by atoms with Crippen molar-refractivity contribution in [2.24, 2.45) is 4.99 Å². The Kier molecular flexibility index (Phi) is 10.9. The molecule has 0 saturated heterocycles. The molecule has 7 heteroatoms. The third-order valence-electron chi connectivity index (χ3n) is 3.84. The van der Waals surface area contributed by atoms with Crippen LogP contribution in [0.3, 0.4) is 0 Å². The first-order valence-corrected chi connectivity index (χ1v) is 8.59. The number of rotatable bonds is 8. The van der Waals surface area contributed by atoms with Gasteiger partial charge in [0.15, 0.2) is 5.96 Å². The van der Waals surface area contributed by atoms with Crippen molar-refractivity contribution in [2.45, 2.75) is 13.0 Å². The molecular formula is C20H27IN4O2.